The van der Waals surface area contributed by atoms with Crippen molar-refractivity contribution in [2.75, 3.05) is 45.3 Å². The van der Waals surface area contributed by atoms with Crippen molar-refractivity contribution in [1.82, 2.24) is 4.90 Å². The minimum Gasteiger partial charge on any atom is -0.504 e. The van der Waals surface area contributed by atoms with Gasteiger partial charge in [0.2, 0.25) is 0 Å². The molecule has 0 aromatic heterocycles. The van der Waals surface area contributed by atoms with E-state index in [1.165, 1.54) is 7.11 Å². The minimum atomic E-state index is 0.120. The lowest BCUT2D eigenvalue weighted by Crippen LogP contribution is -2.46. The van der Waals surface area contributed by atoms with Crippen molar-refractivity contribution in [2.45, 2.75) is 6.54 Å². The third-order valence-corrected chi connectivity index (χ3v) is 4.89. The molecule has 6 heteroatoms. The van der Waals surface area contributed by atoms with Crippen molar-refractivity contribution >= 4 is 17.3 Å². The van der Waals surface area contributed by atoms with E-state index in [9.17, 15) is 5.11 Å². The number of anilines is 1. The third-order valence-electron chi connectivity index (χ3n) is 4.54. The molecule has 0 atom stereocenters. The van der Waals surface area contributed by atoms with Crippen LogP contribution in [0.25, 0.3) is 0 Å². The molecule has 0 saturated carbocycles. The first kappa shape index (κ1) is 17.7. The van der Waals surface area contributed by atoms with Gasteiger partial charge in [0.1, 0.15) is 5.75 Å². The third kappa shape index (κ3) is 3.94. The summed E-state index contributed by atoms with van der Waals surface area (Å²) in [6, 6.07) is 11.4. The Hall–Kier alpha value is -2.11. The highest BCUT2D eigenvalue weighted by Crippen LogP contribution is 2.33. The van der Waals surface area contributed by atoms with E-state index in [-0.39, 0.29) is 5.75 Å². The van der Waals surface area contributed by atoms with E-state index in [2.05, 4.69) is 15.9 Å². The van der Waals surface area contributed by atoms with Crippen LogP contribution in [0, 0.1) is 0 Å². The van der Waals surface area contributed by atoms with Crippen LogP contribution < -0.4 is 14.4 Å². The number of hydrogen-bond acceptors (Lipinski definition) is 5. The van der Waals surface area contributed by atoms with Gasteiger partial charge in [0.15, 0.2) is 11.5 Å². The van der Waals surface area contributed by atoms with Gasteiger partial charge in [-0.15, -0.1) is 0 Å². The molecule has 1 fully saturated rings. The first-order valence-corrected chi connectivity index (χ1v) is 8.66. The van der Waals surface area contributed by atoms with Crippen molar-refractivity contribution in [2.24, 2.45) is 0 Å². The molecule has 134 valence electrons. The van der Waals surface area contributed by atoms with Gasteiger partial charge in [-0.2, -0.15) is 0 Å². The highest BCUT2D eigenvalue weighted by molar-refractivity contribution is 6.31. The molecule has 5 nitrogen and oxygen atoms in total. The van der Waals surface area contributed by atoms with E-state index in [0.29, 0.717) is 17.3 Å². The zero-order valence-electron chi connectivity index (χ0n) is 14.5. The molecule has 2 aromatic carbocycles. The summed E-state index contributed by atoms with van der Waals surface area (Å²) in [5, 5.41) is 10.6. The fourth-order valence-corrected chi connectivity index (χ4v) is 3.36. The summed E-state index contributed by atoms with van der Waals surface area (Å²) in [6.07, 6.45) is 0. The fourth-order valence-electron chi connectivity index (χ4n) is 3.15. The highest BCUT2D eigenvalue weighted by Gasteiger charge is 2.20. The summed E-state index contributed by atoms with van der Waals surface area (Å²) in [5.41, 5.74) is 2.04. The number of hydrogen-bond donors (Lipinski definition) is 1. The Morgan fingerprint density at radius 3 is 2.36 bits per heavy atom. The van der Waals surface area contributed by atoms with Gasteiger partial charge in [0.05, 0.1) is 19.9 Å². The molecule has 0 spiro atoms. The molecule has 0 bridgehead atoms. The maximum Gasteiger partial charge on any atom is 0.161 e. The van der Waals surface area contributed by atoms with Crippen LogP contribution in [-0.4, -0.2) is 50.4 Å². The largest absolute Gasteiger partial charge is 0.504 e. The molecule has 1 N–H and O–H groups in total. The summed E-state index contributed by atoms with van der Waals surface area (Å²) in [6.45, 7) is 4.37. The molecule has 3 rings (SSSR count). The maximum absolute atomic E-state index is 9.97. The van der Waals surface area contributed by atoms with E-state index in [4.69, 9.17) is 21.1 Å². The number of rotatable bonds is 5. The lowest BCUT2D eigenvalue weighted by molar-refractivity contribution is 0.248. The normalized spacial score (nSPS) is 15.2. The van der Waals surface area contributed by atoms with E-state index >= 15 is 0 Å². The Labute approximate surface area is 153 Å². The zero-order chi connectivity index (χ0) is 17.8. The van der Waals surface area contributed by atoms with E-state index in [1.54, 1.807) is 19.2 Å². The number of ether oxygens (including phenoxy) is 2. The van der Waals surface area contributed by atoms with Crippen LogP contribution in [0.2, 0.25) is 5.02 Å². The number of aromatic hydroxyl groups is 1. The van der Waals surface area contributed by atoms with E-state index in [0.717, 1.165) is 43.2 Å². The molecule has 1 aliphatic rings. The van der Waals surface area contributed by atoms with Crippen molar-refractivity contribution in [1.29, 1.82) is 0 Å². The molecule has 0 amide bonds. The van der Waals surface area contributed by atoms with Crippen LogP contribution in [0.4, 0.5) is 5.69 Å². The SMILES string of the molecule is COc1cc(Cl)c(CN2CCN(c3ccccc3OC)CC2)cc1O. The highest BCUT2D eigenvalue weighted by atomic mass is 35.5. The van der Waals surface area contributed by atoms with Gasteiger partial charge in [0.25, 0.3) is 0 Å². The lowest BCUT2D eigenvalue weighted by Gasteiger charge is -2.36. The standard InChI is InChI=1S/C19H23ClN2O3/c1-24-18-6-4-3-5-16(18)22-9-7-21(8-10-22)13-14-11-17(23)19(25-2)12-15(14)20/h3-6,11-12,23H,7-10,13H2,1-2H3. The van der Waals surface area contributed by atoms with Crippen LogP contribution in [0.3, 0.4) is 0 Å². The molecule has 1 heterocycles. The summed E-state index contributed by atoms with van der Waals surface area (Å²) >= 11 is 6.32. The molecule has 0 aliphatic carbocycles. The van der Waals surface area contributed by atoms with E-state index < -0.39 is 0 Å². The summed E-state index contributed by atoms with van der Waals surface area (Å²) in [5.74, 6) is 1.42. The summed E-state index contributed by atoms with van der Waals surface area (Å²) in [4.78, 5) is 4.67. The average Bonchev–Trinajstić information content (AvgIpc) is 2.65. The fraction of sp³-hybridized carbons (Fsp3) is 0.368. The maximum atomic E-state index is 9.97. The molecule has 1 aliphatic heterocycles. The van der Waals surface area contributed by atoms with Gasteiger partial charge >= 0.3 is 0 Å². The number of methoxy groups -OCH3 is 2. The van der Waals surface area contributed by atoms with Gasteiger partial charge in [-0.1, -0.05) is 23.7 Å². The van der Waals surface area contributed by atoms with Crippen LogP contribution >= 0.6 is 11.6 Å². The topological polar surface area (TPSA) is 45.2 Å². The molecule has 2 aromatic rings. The smallest absolute Gasteiger partial charge is 0.161 e. The predicted molar refractivity (Wildman–Crippen MR) is 100 cm³/mol. The molecular formula is C19H23ClN2O3. The van der Waals surface area contributed by atoms with Gasteiger partial charge in [-0.3, -0.25) is 4.90 Å². The van der Waals surface area contributed by atoms with Gasteiger partial charge in [-0.05, 0) is 23.8 Å². The summed E-state index contributed by atoms with van der Waals surface area (Å²) < 4.78 is 10.5. The molecule has 1 saturated heterocycles. The van der Waals surface area contributed by atoms with Crippen molar-refractivity contribution < 1.29 is 14.6 Å². The van der Waals surface area contributed by atoms with Crippen LogP contribution in [0.15, 0.2) is 36.4 Å². The van der Waals surface area contributed by atoms with Gasteiger partial charge in [0, 0.05) is 43.8 Å². The number of phenols is 1. The van der Waals surface area contributed by atoms with Gasteiger partial charge in [-0.25, -0.2) is 0 Å². The number of benzene rings is 2. The molecular weight excluding hydrogens is 340 g/mol. The van der Waals surface area contributed by atoms with Gasteiger partial charge < -0.3 is 19.5 Å². The molecule has 0 radical (unpaired) electrons. The summed E-state index contributed by atoms with van der Waals surface area (Å²) in [7, 11) is 3.22. The van der Waals surface area contributed by atoms with Crippen LogP contribution in [-0.2, 0) is 6.54 Å². The number of nitrogens with zero attached hydrogens (tertiary/aromatic N) is 2. The van der Waals surface area contributed by atoms with Crippen LogP contribution in [0.1, 0.15) is 5.56 Å². The zero-order valence-corrected chi connectivity index (χ0v) is 15.3. The molecule has 0 unspecified atom stereocenters. The minimum absolute atomic E-state index is 0.120. The van der Waals surface area contributed by atoms with Crippen molar-refractivity contribution in [3.05, 3.63) is 47.0 Å². The first-order valence-electron chi connectivity index (χ1n) is 8.28. The number of piperazine rings is 1. The Bertz CT molecular complexity index is 731. The Morgan fingerprint density at radius 2 is 1.68 bits per heavy atom. The van der Waals surface area contributed by atoms with E-state index in [1.807, 2.05) is 18.2 Å². The lowest BCUT2D eigenvalue weighted by atomic mass is 10.1. The quantitative estimate of drug-likeness (QED) is 0.883. The first-order chi connectivity index (χ1) is 12.1. The Kier molecular flexibility index (Phi) is 5.56. The predicted octanol–water partition coefficient (Wildman–Crippen LogP) is 3.39. The monoisotopic (exact) mass is 362 g/mol. The number of phenolic OH excluding ortho intramolecular Hbond substituents is 1. The average molecular weight is 363 g/mol. The second-order valence-electron chi connectivity index (χ2n) is 6.05. The second kappa shape index (κ2) is 7.85. The Morgan fingerprint density at radius 1 is 1.00 bits per heavy atom. The second-order valence-corrected chi connectivity index (χ2v) is 6.46. The van der Waals surface area contributed by atoms with Crippen molar-refractivity contribution in [3.8, 4) is 17.2 Å². The molecule has 25 heavy (non-hydrogen) atoms. The Balaban J connectivity index is 1.64. The van der Waals surface area contributed by atoms with Crippen molar-refractivity contribution in [3.63, 3.8) is 0 Å². The van der Waals surface area contributed by atoms with Crippen LogP contribution in [0.5, 0.6) is 17.2 Å². The number of para-hydroxylation sites is 2. The number of halogens is 1.